The van der Waals surface area contributed by atoms with Crippen LogP contribution in [0.5, 0.6) is 0 Å². The van der Waals surface area contributed by atoms with Gasteiger partial charge in [0, 0.05) is 25.6 Å². The second-order valence-electron chi connectivity index (χ2n) is 10.8. The Hall–Kier alpha value is -3.60. The zero-order chi connectivity index (χ0) is 27.6. The summed E-state index contributed by atoms with van der Waals surface area (Å²) in [6.45, 7) is 4.67. The molecule has 11 heteroatoms. The van der Waals surface area contributed by atoms with Gasteiger partial charge in [0.1, 0.15) is 18.0 Å². The van der Waals surface area contributed by atoms with E-state index < -0.39 is 42.0 Å². The molecule has 206 valence electrons. The highest BCUT2D eigenvalue weighted by Gasteiger charge is 2.52. The lowest BCUT2D eigenvalue weighted by Gasteiger charge is -2.55. The number of amides is 4. The number of carboxylic acid groups (broad SMARTS) is 1. The Morgan fingerprint density at radius 3 is 2.66 bits per heavy atom. The number of carbonyl (C=O) groups excluding carboxylic acids is 3. The normalized spacial score (nSPS) is 29.6. The molecular formula is C27H37N5O6. The lowest BCUT2D eigenvalue weighted by molar-refractivity contribution is -0.189. The van der Waals surface area contributed by atoms with E-state index >= 15 is 0 Å². The molecule has 0 spiro atoms. The molecule has 0 aromatic rings. The first-order chi connectivity index (χ1) is 18.0. The minimum absolute atomic E-state index is 0.0718. The van der Waals surface area contributed by atoms with Gasteiger partial charge in [-0.2, -0.15) is 0 Å². The van der Waals surface area contributed by atoms with Gasteiger partial charge in [-0.1, -0.05) is 38.2 Å². The summed E-state index contributed by atoms with van der Waals surface area (Å²) in [5, 5.41) is 15.5. The van der Waals surface area contributed by atoms with Crippen molar-refractivity contribution < 1.29 is 29.0 Å². The molecule has 2 aliphatic carbocycles. The number of nitrogens with zero attached hydrogens (tertiary/aromatic N) is 4. The van der Waals surface area contributed by atoms with Crippen molar-refractivity contribution in [3.63, 3.8) is 0 Å². The van der Waals surface area contributed by atoms with Crippen LogP contribution in [-0.4, -0.2) is 101 Å². The number of methoxy groups -OCH3 is 1. The number of carbonyl (C=O) groups is 4. The minimum Gasteiger partial charge on any atom is -0.497 e. The van der Waals surface area contributed by atoms with Crippen molar-refractivity contribution >= 4 is 23.8 Å². The fourth-order valence-corrected chi connectivity index (χ4v) is 5.57. The van der Waals surface area contributed by atoms with Crippen molar-refractivity contribution in [1.82, 2.24) is 25.1 Å². The Kier molecular flexibility index (Phi) is 7.96. The van der Waals surface area contributed by atoms with Gasteiger partial charge in [0.05, 0.1) is 26.6 Å². The van der Waals surface area contributed by atoms with E-state index in [4.69, 9.17) is 4.74 Å². The molecule has 2 N–H and O–H groups in total. The fraction of sp³-hybridized carbons (Fsp3) is 0.556. The summed E-state index contributed by atoms with van der Waals surface area (Å²) in [6.07, 6.45) is 12.2. The van der Waals surface area contributed by atoms with Crippen molar-refractivity contribution in [2.24, 2.45) is 11.3 Å². The number of hydrogen-bond acceptors (Lipinski definition) is 6. The molecule has 0 aromatic heterocycles. The van der Waals surface area contributed by atoms with Gasteiger partial charge in [-0.05, 0) is 36.5 Å². The Balaban J connectivity index is 1.58. The van der Waals surface area contributed by atoms with Crippen LogP contribution < -0.4 is 5.32 Å². The van der Waals surface area contributed by atoms with Crippen LogP contribution >= 0.6 is 0 Å². The van der Waals surface area contributed by atoms with Gasteiger partial charge < -0.3 is 25.0 Å². The molecule has 0 bridgehead atoms. The van der Waals surface area contributed by atoms with E-state index in [1.165, 1.54) is 14.9 Å². The SMILES string of the molecule is COC1=CCC(C)(CN2C[C@H]3N(C(=O)CN(C)N3C(=O)NCC3=CC(C)CC=C3)[C@@H](CC(=O)O)C2=O)C=C1. The van der Waals surface area contributed by atoms with Gasteiger partial charge in [0.25, 0.3) is 0 Å². The summed E-state index contributed by atoms with van der Waals surface area (Å²) in [4.78, 5) is 54.8. The van der Waals surface area contributed by atoms with Gasteiger partial charge in [-0.15, -0.1) is 0 Å². The van der Waals surface area contributed by atoms with Gasteiger partial charge in [0.15, 0.2) is 0 Å². The van der Waals surface area contributed by atoms with Crippen LogP contribution in [0.1, 0.15) is 33.1 Å². The molecule has 2 unspecified atom stereocenters. The van der Waals surface area contributed by atoms with Crippen LogP contribution in [0, 0.1) is 11.3 Å². The fourth-order valence-electron chi connectivity index (χ4n) is 5.57. The van der Waals surface area contributed by atoms with Crippen molar-refractivity contribution in [3.8, 4) is 0 Å². The van der Waals surface area contributed by atoms with Crippen LogP contribution in [0.25, 0.3) is 0 Å². The molecule has 0 saturated carbocycles. The molecule has 4 atom stereocenters. The van der Waals surface area contributed by atoms with Gasteiger partial charge in [-0.3, -0.25) is 14.4 Å². The highest BCUT2D eigenvalue weighted by molar-refractivity contribution is 5.93. The Morgan fingerprint density at radius 1 is 1.26 bits per heavy atom. The van der Waals surface area contributed by atoms with E-state index in [1.54, 1.807) is 19.1 Å². The summed E-state index contributed by atoms with van der Waals surface area (Å²) in [7, 11) is 3.24. The number of hydrazine groups is 1. The maximum Gasteiger partial charge on any atom is 0.334 e. The topological polar surface area (TPSA) is 123 Å². The first-order valence-electron chi connectivity index (χ1n) is 12.9. The summed E-state index contributed by atoms with van der Waals surface area (Å²) in [5.41, 5.74) is 0.580. The zero-order valence-electron chi connectivity index (χ0n) is 22.4. The summed E-state index contributed by atoms with van der Waals surface area (Å²) in [6, 6.07) is -1.61. The third-order valence-electron chi connectivity index (χ3n) is 7.50. The number of hydrogen-bond donors (Lipinski definition) is 2. The molecule has 2 fully saturated rings. The van der Waals surface area contributed by atoms with Crippen molar-refractivity contribution in [2.45, 2.75) is 45.3 Å². The van der Waals surface area contributed by atoms with E-state index in [0.29, 0.717) is 25.4 Å². The predicted octanol–water partition coefficient (Wildman–Crippen LogP) is 1.72. The van der Waals surface area contributed by atoms with E-state index in [2.05, 4.69) is 24.4 Å². The van der Waals surface area contributed by atoms with E-state index in [9.17, 15) is 24.3 Å². The third-order valence-corrected chi connectivity index (χ3v) is 7.50. The van der Waals surface area contributed by atoms with Crippen LogP contribution in [0.15, 0.2) is 47.8 Å². The molecule has 0 aromatic carbocycles. The van der Waals surface area contributed by atoms with Gasteiger partial charge in [-0.25, -0.2) is 14.8 Å². The largest absolute Gasteiger partial charge is 0.497 e. The first-order valence-corrected chi connectivity index (χ1v) is 12.9. The van der Waals surface area contributed by atoms with Crippen LogP contribution in [0.2, 0.25) is 0 Å². The highest BCUT2D eigenvalue weighted by atomic mass is 16.5. The minimum atomic E-state index is -1.20. The average molecular weight is 528 g/mol. The van der Waals surface area contributed by atoms with Crippen LogP contribution in [0.4, 0.5) is 4.79 Å². The maximum atomic E-state index is 13.6. The quantitative estimate of drug-likeness (QED) is 0.517. The number of ether oxygens (including phenoxy) is 1. The molecule has 2 aliphatic heterocycles. The number of carboxylic acids is 1. The number of fused-ring (bicyclic) bond motifs is 1. The molecule has 2 saturated heterocycles. The molecule has 2 heterocycles. The maximum absolute atomic E-state index is 13.6. The Bertz CT molecular complexity index is 1110. The number of urea groups is 1. The summed E-state index contributed by atoms with van der Waals surface area (Å²) >= 11 is 0. The number of rotatable bonds is 7. The molecular weight excluding hydrogens is 490 g/mol. The second-order valence-corrected chi connectivity index (χ2v) is 10.8. The van der Waals surface area contributed by atoms with Gasteiger partial charge >= 0.3 is 12.0 Å². The Labute approximate surface area is 223 Å². The summed E-state index contributed by atoms with van der Waals surface area (Å²) < 4.78 is 5.28. The van der Waals surface area contributed by atoms with Gasteiger partial charge in [0.2, 0.25) is 11.8 Å². The first kappa shape index (κ1) is 27.4. The van der Waals surface area contributed by atoms with Crippen LogP contribution in [0.3, 0.4) is 0 Å². The smallest absolute Gasteiger partial charge is 0.334 e. The standard InChI is InChI=1S/C27H37N5O6/c1-18-6-5-7-19(12-18)14-28-26(37)32-22-15-30(17-27(2)10-8-20(38-4)9-11-27)25(36)21(13-24(34)35)31(22)23(33)16-29(32)3/h5,7-10,12,18,21-22H,6,11,13-17H2,1-4H3,(H,28,37)(H,34,35)/t18?,21-,22-,27?/m0/s1. The molecule has 4 aliphatic rings. The lowest BCUT2D eigenvalue weighted by Crippen LogP contribution is -2.76. The Morgan fingerprint density at radius 2 is 2.03 bits per heavy atom. The molecule has 4 rings (SSSR count). The lowest BCUT2D eigenvalue weighted by atomic mass is 9.82. The van der Waals surface area contributed by atoms with E-state index in [1.807, 2.05) is 31.2 Å². The number of allylic oxidation sites excluding steroid dienone is 4. The van der Waals surface area contributed by atoms with Crippen molar-refractivity contribution in [3.05, 3.63) is 47.8 Å². The van der Waals surface area contributed by atoms with Crippen molar-refractivity contribution in [1.29, 1.82) is 0 Å². The number of likely N-dealkylation sites (N-methyl/N-ethyl adjacent to an activating group) is 1. The molecule has 11 nitrogen and oxygen atoms in total. The number of aliphatic carboxylic acids is 1. The third kappa shape index (κ3) is 5.77. The zero-order valence-corrected chi connectivity index (χ0v) is 22.4. The van der Waals surface area contributed by atoms with Crippen LogP contribution in [-0.2, 0) is 19.1 Å². The molecule has 0 radical (unpaired) electrons. The monoisotopic (exact) mass is 527 g/mol. The number of nitrogens with one attached hydrogen (secondary N) is 1. The van der Waals surface area contributed by atoms with Crippen molar-refractivity contribution in [2.75, 3.05) is 40.3 Å². The number of piperazine rings is 1. The molecule has 4 amide bonds. The highest BCUT2D eigenvalue weighted by Crippen LogP contribution is 2.34. The average Bonchev–Trinajstić information content (AvgIpc) is 2.85. The van der Waals surface area contributed by atoms with E-state index in [-0.39, 0.29) is 19.0 Å². The summed E-state index contributed by atoms with van der Waals surface area (Å²) in [5.74, 6) is -0.874. The second kappa shape index (κ2) is 11.0. The van der Waals surface area contributed by atoms with E-state index in [0.717, 1.165) is 17.8 Å². The molecule has 38 heavy (non-hydrogen) atoms. The predicted molar refractivity (Wildman–Crippen MR) is 139 cm³/mol.